The molecule has 17 heavy (non-hydrogen) atoms. The molecule has 1 saturated carbocycles. The van der Waals surface area contributed by atoms with Gasteiger partial charge in [0.2, 0.25) is 0 Å². The highest BCUT2D eigenvalue weighted by Gasteiger charge is 2.36. The van der Waals surface area contributed by atoms with Crippen molar-refractivity contribution in [1.82, 2.24) is 0 Å². The van der Waals surface area contributed by atoms with Crippen molar-refractivity contribution < 1.29 is 4.74 Å². The predicted molar refractivity (Wildman–Crippen MR) is 71.9 cm³/mol. The van der Waals surface area contributed by atoms with Gasteiger partial charge in [-0.15, -0.1) is 0 Å². The van der Waals surface area contributed by atoms with E-state index in [1.807, 2.05) is 6.92 Å². The van der Waals surface area contributed by atoms with Crippen LogP contribution in [-0.4, -0.2) is 13.7 Å². The van der Waals surface area contributed by atoms with Crippen LogP contribution in [0.4, 0.5) is 0 Å². The fourth-order valence-electron chi connectivity index (χ4n) is 2.95. The zero-order chi connectivity index (χ0) is 12.5. The molecule has 0 heterocycles. The largest absolute Gasteiger partial charge is 0.495 e. The summed E-state index contributed by atoms with van der Waals surface area (Å²) in [5.41, 5.74) is 8.31. The van der Waals surface area contributed by atoms with Gasteiger partial charge in [-0.05, 0) is 30.9 Å². The Kier molecular flexibility index (Phi) is 3.64. The zero-order valence-corrected chi connectivity index (χ0v) is 11.3. The smallest absolute Gasteiger partial charge is 0.140 e. The minimum Gasteiger partial charge on any atom is -0.495 e. The van der Waals surface area contributed by atoms with Crippen LogP contribution >= 0.6 is 11.6 Å². The van der Waals surface area contributed by atoms with Crippen molar-refractivity contribution in [3.63, 3.8) is 0 Å². The maximum absolute atomic E-state index is 6.48. The summed E-state index contributed by atoms with van der Waals surface area (Å²) in [5.74, 6) is 0.795. The summed E-state index contributed by atoms with van der Waals surface area (Å²) < 4.78 is 5.39. The molecule has 0 atom stereocenters. The Balaban J connectivity index is 2.51. The van der Waals surface area contributed by atoms with Crippen molar-refractivity contribution in [2.24, 2.45) is 5.73 Å². The fourth-order valence-corrected chi connectivity index (χ4v) is 3.44. The molecule has 1 aromatic carbocycles. The van der Waals surface area contributed by atoms with E-state index in [0.717, 1.165) is 29.2 Å². The maximum Gasteiger partial charge on any atom is 0.140 e. The molecule has 0 unspecified atom stereocenters. The maximum atomic E-state index is 6.48. The molecule has 94 valence electrons. The normalized spacial score (nSPS) is 18.4. The number of methoxy groups -OCH3 is 1. The second kappa shape index (κ2) is 4.87. The Morgan fingerprint density at radius 2 is 2.00 bits per heavy atom. The van der Waals surface area contributed by atoms with Crippen LogP contribution in [0, 0.1) is 6.92 Å². The highest BCUT2D eigenvalue weighted by molar-refractivity contribution is 6.33. The molecule has 1 aliphatic rings. The van der Waals surface area contributed by atoms with Crippen LogP contribution in [0.1, 0.15) is 36.8 Å². The lowest BCUT2D eigenvalue weighted by atomic mass is 9.78. The highest BCUT2D eigenvalue weighted by Crippen LogP contribution is 2.46. The van der Waals surface area contributed by atoms with Crippen LogP contribution < -0.4 is 10.5 Å². The van der Waals surface area contributed by atoms with Gasteiger partial charge in [0.1, 0.15) is 5.75 Å². The molecule has 0 spiro atoms. The van der Waals surface area contributed by atoms with E-state index in [1.165, 1.54) is 18.4 Å². The van der Waals surface area contributed by atoms with E-state index < -0.39 is 0 Å². The van der Waals surface area contributed by atoms with Gasteiger partial charge in [0.15, 0.2) is 0 Å². The number of hydrogen-bond acceptors (Lipinski definition) is 2. The number of rotatable bonds is 3. The van der Waals surface area contributed by atoms with Crippen LogP contribution in [0.2, 0.25) is 5.02 Å². The Hall–Kier alpha value is -0.730. The average molecular weight is 254 g/mol. The molecule has 1 aromatic rings. The van der Waals surface area contributed by atoms with Crippen molar-refractivity contribution in [1.29, 1.82) is 0 Å². The summed E-state index contributed by atoms with van der Waals surface area (Å²) in [4.78, 5) is 0. The summed E-state index contributed by atoms with van der Waals surface area (Å²) in [7, 11) is 1.67. The molecule has 0 saturated heterocycles. The van der Waals surface area contributed by atoms with Crippen LogP contribution in [0.25, 0.3) is 0 Å². The third-order valence-electron chi connectivity index (χ3n) is 4.02. The summed E-state index contributed by atoms with van der Waals surface area (Å²) in [6, 6.07) is 4.20. The van der Waals surface area contributed by atoms with E-state index in [4.69, 9.17) is 22.1 Å². The van der Waals surface area contributed by atoms with Crippen molar-refractivity contribution >= 4 is 11.6 Å². The lowest BCUT2D eigenvalue weighted by Crippen LogP contribution is -2.32. The van der Waals surface area contributed by atoms with E-state index in [9.17, 15) is 0 Å². The first-order valence-electron chi connectivity index (χ1n) is 6.18. The Morgan fingerprint density at radius 1 is 1.35 bits per heavy atom. The average Bonchev–Trinajstić information content (AvgIpc) is 2.79. The molecule has 2 nitrogen and oxygen atoms in total. The van der Waals surface area contributed by atoms with Gasteiger partial charge in [-0.2, -0.15) is 0 Å². The standard InChI is InChI=1S/C14H20ClNO/c1-10-5-6-11(12(15)13(10)17-2)14(9-16)7-3-4-8-14/h5-6H,3-4,7-9,16H2,1-2H3. The molecule has 0 bridgehead atoms. The number of hydrogen-bond donors (Lipinski definition) is 1. The lowest BCUT2D eigenvalue weighted by Gasteiger charge is -2.29. The molecule has 0 radical (unpaired) electrons. The van der Waals surface area contributed by atoms with Crippen molar-refractivity contribution in [3.8, 4) is 5.75 Å². The predicted octanol–water partition coefficient (Wildman–Crippen LogP) is 3.43. The van der Waals surface area contributed by atoms with Gasteiger partial charge in [0.05, 0.1) is 12.1 Å². The first kappa shape index (κ1) is 12.7. The van der Waals surface area contributed by atoms with E-state index in [-0.39, 0.29) is 5.41 Å². The number of aryl methyl sites for hydroxylation is 1. The van der Waals surface area contributed by atoms with Crippen molar-refractivity contribution in [2.45, 2.75) is 38.0 Å². The van der Waals surface area contributed by atoms with E-state index in [1.54, 1.807) is 7.11 Å². The quantitative estimate of drug-likeness (QED) is 0.896. The van der Waals surface area contributed by atoms with Crippen LogP contribution in [-0.2, 0) is 5.41 Å². The number of halogens is 1. The fraction of sp³-hybridized carbons (Fsp3) is 0.571. The number of benzene rings is 1. The minimum absolute atomic E-state index is 0.0675. The minimum atomic E-state index is 0.0675. The Bertz CT molecular complexity index is 411. The molecule has 1 fully saturated rings. The molecule has 2 N–H and O–H groups in total. The molecule has 1 aliphatic carbocycles. The Labute approximate surface area is 108 Å². The second-order valence-corrected chi connectivity index (χ2v) is 5.35. The van der Waals surface area contributed by atoms with Gasteiger partial charge in [0.25, 0.3) is 0 Å². The van der Waals surface area contributed by atoms with E-state index in [0.29, 0.717) is 6.54 Å². The molecule has 2 rings (SSSR count). The van der Waals surface area contributed by atoms with Gasteiger partial charge in [0, 0.05) is 12.0 Å². The van der Waals surface area contributed by atoms with Gasteiger partial charge in [-0.3, -0.25) is 0 Å². The third-order valence-corrected chi connectivity index (χ3v) is 4.40. The van der Waals surface area contributed by atoms with Crippen LogP contribution in [0.3, 0.4) is 0 Å². The van der Waals surface area contributed by atoms with Crippen molar-refractivity contribution in [2.75, 3.05) is 13.7 Å². The summed E-state index contributed by atoms with van der Waals surface area (Å²) >= 11 is 6.48. The molecule has 3 heteroatoms. The molecule has 0 aromatic heterocycles. The topological polar surface area (TPSA) is 35.2 Å². The second-order valence-electron chi connectivity index (χ2n) is 4.97. The highest BCUT2D eigenvalue weighted by atomic mass is 35.5. The first-order valence-corrected chi connectivity index (χ1v) is 6.56. The van der Waals surface area contributed by atoms with Gasteiger partial charge in [-0.1, -0.05) is 36.6 Å². The first-order chi connectivity index (χ1) is 8.14. The van der Waals surface area contributed by atoms with E-state index in [2.05, 4.69) is 12.1 Å². The van der Waals surface area contributed by atoms with Crippen molar-refractivity contribution in [3.05, 3.63) is 28.3 Å². The SMILES string of the molecule is COc1c(C)ccc(C2(CN)CCCC2)c1Cl. The van der Waals surface area contributed by atoms with Crippen LogP contribution in [0.15, 0.2) is 12.1 Å². The summed E-state index contributed by atoms with van der Waals surface area (Å²) in [6.45, 7) is 2.68. The Morgan fingerprint density at radius 3 is 2.53 bits per heavy atom. The number of nitrogens with two attached hydrogens (primary N) is 1. The van der Waals surface area contributed by atoms with Gasteiger partial charge in [-0.25, -0.2) is 0 Å². The lowest BCUT2D eigenvalue weighted by molar-refractivity contribution is 0.405. The van der Waals surface area contributed by atoms with Crippen LogP contribution in [0.5, 0.6) is 5.75 Å². The van der Waals surface area contributed by atoms with Gasteiger partial charge < -0.3 is 10.5 Å². The molecule has 0 amide bonds. The van der Waals surface area contributed by atoms with Gasteiger partial charge >= 0.3 is 0 Å². The summed E-state index contributed by atoms with van der Waals surface area (Å²) in [5, 5.41) is 0.750. The zero-order valence-electron chi connectivity index (χ0n) is 10.6. The van der Waals surface area contributed by atoms with E-state index >= 15 is 0 Å². The summed E-state index contributed by atoms with van der Waals surface area (Å²) in [6.07, 6.45) is 4.75. The molecular weight excluding hydrogens is 234 g/mol. The monoisotopic (exact) mass is 253 g/mol. The third kappa shape index (κ3) is 2.04. The molecule has 0 aliphatic heterocycles. The number of ether oxygens (including phenoxy) is 1. The molecular formula is C14H20ClNO.